The molecule has 1 aromatic heterocycles. The van der Waals surface area contributed by atoms with Crippen LogP contribution in [0.2, 0.25) is 0 Å². The fourth-order valence-corrected chi connectivity index (χ4v) is 2.63. The summed E-state index contributed by atoms with van der Waals surface area (Å²) in [4.78, 5) is 18.1. The first-order chi connectivity index (χ1) is 9.29. The number of hydrogen-bond acceptors (Lipinski definition) is 3. The first-order valence-electron chi connectivity index (χ1n) is 7.11. The number of carbonyl (C=O) groups is 1. The minimum atomic E-state index is 0. The van der Waals surface area contributed by atoms with Crippen molar-refractivity contribution in [2.75, 3.05) is 26.7 Å². The van der Waals surface area contributed by atoms with E-state index < -0.39 is 0 Å². The van der Waals surface area contributed by atoms with Gasteiger partial charge in [-0.3, -0.25) is 9.78 Å². The zero-order valence-electron chi connectivity index (χ0n) is 12.5. The SMILES string of the molecule is CNCC1CCN(C(=O)CCc2ccncc2)CC1.Cl.Cl. The number of piperidine rings is 1. The maximum Gasteiger partial charge on any atom is 0.222 e. The van der Waals surface area contributed by atoms with Gasteiger partial charge in [0.1, 0.15) is 0 Å². The monoisotopic (exact) mass is 333 g/mol. The molecule has 1 amide bonds. The summed E-state index contributed by atoms with van der Waals surface area (Å²) < 4.78 is 0. The second-order valence-electron chi connectivity index (χ2n) is 5.24. The van der Waals surface area contributed by atoms with Gasteiger partial charge in [-0.2, -0.15) is 0 Å². The van der Waals surface area contributed by atoms with Crippen LogP contribution < -0.4 is 5.32 Å². The maximum absolute atomic E-state index is 12.1. The normalized spacial score (nSPS) is 15.0. The summed E-state index contributed by atoms with van der Waals surface area (Å²) >= 11 is 0. The molecular weight excluding hydrogens is 309 g/mol. The van der Waals surface area contributed by atoms with Crippen molar-refractivity contribution in [3.8, 4) is 0 Å². The van der Waals surface area contributed by atoms with Crippen molar-refractivity contribution in [1.29, 1.82) is 0 Å². The van der Waals surface area contributed by atoms with Crippen molar-refractivity contribution >= 4 is 30.7 Å². The van der Waals surface area contributed by atoms with Gasteiger partial charge in [0.2, 0.25) is 5.91 Å². The van der Waals surface area contributed by atoms with Crippen LogP contribution in [0.5, 0.6) is 0 Å². The number of aromatic nitrogens is 1. The first kappa shape index (κ1) is 20.2. The van der Waals surface area contributed by atoms with Gasteiger partial charge in [0.05, 0.1) is 0 Å². The summed E-state index contributed by atoms with van der Waals surface area (Å²) in [5.74, 6) is 1.02. The van der Waals surface area contributed by atoms with Crippen LogP contribution in [-0.2, 0) is 11.2 Å². The fourth-order valence-electron chi connectivity index (χ4n) is 2.63. The molecule has 21 heavy (non-hydrogen) atoms. The molecule has 0 spiro atoms. The van der Waals surface area contributed by atoms with Crippen LogP contribution in [0.25, 0.3) is 0 Å². The quantitative estimate of drug-likeness (QED) is 0.899. The molecule has 1 aliphatic heterocycles. The van der Waals surface area contributed by atoms with E-state index in [2.05, 4.69) is 10.3 Å². The third-order valence-electron chi connectivity index (χ3n) is 3.84. The second kappa shape index (κ2) is 10.8. The number of carbonyl (C=O) groups excluding carboxylic acids is 1. The molecule has 0 saturated carbocycles. The van der Waals surface area contributed by atoms with Crippen LogP contribution in [0.4, 0.5) is 0 Å². The van der Waals surface area contributed by atoms with E-state index in [0.717, 1.165) is 44.8 Å². The Bertz CT molecular complexity index is 395. The van der Waals surface area contributed by atoms with Crippen molar-refractivity contribution in [2.24, 2.45) is 5.92 Å². The summed E-state index contributed by atoms with van der Waals surface area (Å²) in [5, 5.41) is 3.22. The Morgan fingerprint density at radius 1 is 1.29 bits per heavy atom. The van der Waals surface area contributed by atoms with Crippen molar-refractivity contribution < 1.29 is 4.79 Å². The van der Waals surface area contributed by atoms with E-state index >= 15 is 0 Å². The molecule has 4 nitrogen and oxygen atoms in total. The van der Waals surface area contributed by atoms with Gasteiger partial charge in [0, 0.05) is 31.9 Å². The highest BCUT2D eigenvalue weighted by atomic mass is 35.5. The summed E-state index contributed by atoms with van der Waals surface area (Å²) in [5.41, 5.74) is 1.19. The zero-order chi connectivity index (χ0) is 13.5. The average molecular weight is 334 g/mol. The summed E-state index contributed by atoms with van der Waals surface area (Å²) in [7, 11) is 1.99. The van der Waals surface area contributed by atoms with E-state index in [1.54, 1.807) is 12.4 Å². The molecule has 1 aliphatic rings. The van der Waals surface area contributed by atoms with E-state index in [9.17, 15) is 4.79 Å². The molecule has 1 aromatic rings. The number of halogens is 2. The lowest BCUT2D eigenvalue weighted by molar-refractivity contribution is -0.132. The maximum atomic E-state index is 12.1. The molecule has 0 aliphatic carbocycles. The van der Waals surface area contributed by atoms with E-state index in [1.807, 2.05) is 24.1 Å². The number of rotatable bonds is 5. The largest absolute Gasteiger partial charge is 0.343 e. The van der Waals surface area contributed by atoms with Crippen LogP contribution >= 0.6 is 24.8 Å². The van der Waals surface area contributed by atoms with Crippen LogP contribution in [0.15, 0.2) is 24.5 Å². The van der Waals surface area contributed by atoms with Gasteiger partial charge in [0.15, 0.2) is 0 Å². The Hall–Kier alpha value is -0.840. The van der Waals surface area contributed by atoms with E-state index in [0.29, 0.717) is 12.3 Å². The van der Waals surface area contributed by atoms with Crippen molar-refractivity contribution in [3.05, 3.63) is 30.1 Å². The molecule has 120 valence electrons. The molecule has 1 saturated heterocycles. The van der Waals surface area contributed by atoms with E-state index in [4.69, 9.17) is 0 Å². The van der Waals surface area contributed by atoms with Crippen LogP contribution in [0.1, 0.15) is 24.8 Å². The highest BCUT2D eigenvalue weighted by Crippen LogP contribution is 2.17. The van der Waals surface area contributed by atoms with Gasteiger partial charge in [-0.05, 0) is 56.5 Å². The molecule has 0 bridgehead atoms. The molecular formula is C15H25Cl2N3O. The molecule has 2 rings (SSSR count). The van der Waals surface area contributed by atoms with Crippen LogP contribution in [0, 0.1) is 5.92 Å². The standard InChI is InChI=1S/C15H23N3O.2ClH/c1-16-12-14-6-10-18(11-7-14)15(19)3-2-13-4-8-17-9-5-13;;/h4-5,8-9,14,16H,2-3,6-7,10-12H2,1H3;2*1H. The molecule has 6 heteroatoms. The average Bonchev–Trinajstić information content (AvgIpc) is 2.47. The predicted molar refractivity (Wildman–Crippen MR) is 90.3 cm³/mol. The number of hydrogen-bond donors (Lipinski definition) is 1. The minimum Gasteiger partial charge on any atom is -0.343 e. The summed E-state index contributed by atoms with van der Waals surface area (Å²) in [6.07, 6.45) is 7.24. The third kappa shape index (κ3) is 6.64. The van der Waals surface area contributed by atoms with Gasteiger partial charge in [0.25, 0.3) is 0 Å². The molecule has 0 atom stereocenters. The number of aryl methyl sites for hydroxylation is 1. The second-order valence-corrected chi connectivity index (χ2v) is 5.24. The number of likely N-dealkylation sites (tertiary alicyclic amines) is 1. The van der Waals surface area contributed by atoms with Gasteiger partial charge < -0.3 is 10.2 Å². The van der Waals surface area contributed by atoms with Crippen molar-refractivity contribution in [1.82, 2.24) is 15.2 Å². The van der Waals surface area contributed by atoms with Crippen molar-refractivity contribution in [3.63, 3.8) is 0 Å². The fraction of sp³-hybridized carbons (Fsp3) is 0.600. The number of amides is 1. The highest BCUT2D eigenvalue weighted by Gasteiger charge is 2.21. The molecule has 1 N–H and O–H groups in total. The van der Waals surface area contributed by atoms with E-state index in [1.165, 1.54) is 5.56 Å². The summed E-state index contributed by atoms with van der Waals surface area (Å²) in [6, 6.07) is 3.96. The number of nitrogens with zero attached hydrogens (tertiary/aromatic N) is 2. The Labute approximate surface area is 139 Å². The van der Waals surface area contributed by atoms with Gasteiger partial charge in [-0.1, -0.05) is 0 Å². The Balaban J connectivity index is 0.00000200. The molecule has 0 aromatic carbocycles. The van der Waals surface area contributed by atoms with Crippen LogP contribution in [0.3, 0.4) is 0 Å². The predicted octanol–water partition coefficient (Wildman–Crippen LogP) is 2.32. The molecule has 0 unspecified atom stereocenters. The Morgan fingerprint density at radius 2 is 1.90 bits per heavy atom. The van der Waals surface area contributed by atoms with Gasteiger partial charge in [-0.15, -0.1) is 24.8 Å². The smallest absolute Gasteiger partial charge is 0.222 e. The highest BCUT2D eigenvalue weighted by molar-refractivity contribution is 5.85. The molecule has 2 heterocycles. The van der Waals surface area contributed by atoms with Crippen LogP contribution in [-0.4, -0.2) is 42.5 Å². The Kier molecular flexibility index (Phi) is 10.4. The summed E-state index contributed by atoms with van der Waals surface area (Å²) in [6.45, 7) is 2.90. The topological polar surface area (TPSA) is 45.2 Å². The number of pyridine rings is 1. The minimum absolute atomic E-state index is 0. The van der Waals surface area contributed by atoms with E-state index in [-0.39, 0.29) is 24.8 Å². The lowest BCUT2D eigenvalue weighted by Gasteiger charge is -2.32. The number of nitrogens with one attached hydrogen (secondary N) is 1. The zero-order valence-corrected chi connectivity index (χ0v) is 14.1. The lowest BCUT2D eigenvalue weighted by Crippen LogP contribution is -2.40. The van der Waals surface area contributed by atoms with Gasteiger partial charge in [-0.25, -0.2) is 0 Å². The Morgan fingerprint density at radius 3 is 2.48 bits per heavy atom. The van der Waals surface area contributed by atoms with Gasteiger partial charge >= 0.3 is 0 Å². The third-order valence-corrected chi connectivity index (χ3v) is 3.84. The molecule has 1 fully saturated rings. The molecule has 0 radical (unpaired) electrons. The lowest BCUT2D eigenvalue weighted by atomic mass is 9.96. The first-order valence-corrected chi connectivity index (χ1v) is 7.11. The van der Waals surface area contributed by atoms with Crippen molar-refractivity contribution in [2.45, 2.75) is 25.7 Å².